The van der Waals surface area contributed by atoms with Crippen LogP contribution in [0.15, 0.2) is 29.6 Å². The molecule has 0 unspecified atom stereocenters. The Labute approximate surface area is 153 Å². The highest BCUT2D eigenvalue weighted by molar-refractivity contribution is 7.09. The Morgan fingerprint density at radius 1 is 1.24 bits per heavy atom. The van der Waals surface area contributed by atoms with Crippen molar-refractivity contribution in [3.63, 3.8) is 0 Å². The Balaban J connectivity index is 1.52. The Kier molecular flexibility index (Phi) is 4.86. The van der Waals surface area contributed by atoms with Crippen LogP contribution in [0.4, 0.5) is 0 Å². The molecule has 1 aliphatic heterocycles. The van der Waals surface area contributed by atoms with Crippen LogP contribution in [0.5, 0.6) is 0 Å². The Hall–Kier alpha value is -1.72. The van der Waals surface area contributed by atoms with Crippen LogP contribution in [-0.4, -0.2) is 35.9 Å². The molecule has 1 aliphatic carbocycles. The van der Waals surface area contributed by atoms with Gasteiger partial charge in [-0.3, -0.25) is 4.79 Å². The number of nitrogens with one attached hydrogen (secondary N) is 1. The molecule has 132 valence electrons. The van der Waals surface area contributed by atoms with Gasteiger partial charge in [0.15, 0.2) is 0 Å². The molecule has 2 aliphatic rings. The van der Waals surface area contributed by atoms with Gasteiger partial charge in [0.1, 0.15) is 5.69 Å². The number of carbonyl (C=O) groups is 1. The summed E-state index contributed by atoms with van der Waals surface area (Å²) in [6.07, 6.45) is 5.52. The van der Waals surface area contributed by atoms with E-state index in [4.69, 9.17) is 4.98 Å². The first-order valence-electron chi connectivity index (χ1n) is 9.25. The molecular weight excluding hydrogens is 330 g/mol. The van der Waals surface area contributed by atoms with Crippen molar-refractivity contribution in [2.75, 3.05) is 20.1 Å². The fraction of sp³-hybridized carbons (Fsp3) is 0.500. The van der Waals surface area contributed by atoms with Gasteiger partial charge in [-0.15, -0.1) is 11.3 Å². The first kappa shape index (κ1) is 16.7. The van der Waals surface area contributed by atoms with Gasteiger partial charge in [-0.05, 0) is 56.3 Å². The van der Waals surface area contributed by atoms with E-state index in [1.165, 1.54) is 11.1 Å². The highest BCUT2D eigenvalue weighted by atomic mass is 32.1. The van der Waals surface area contributed by atoms with Crippen LogP contribution in [-0.2, 0) is 6.42 Å². The van der Waals surface area contributed by atoms with Crippen molar-refractivity contribution in [2.24, 2.45) is 0 Å². The summed E-state index contributed by atoms with van der Waals surface area (Å²) in [5.41, 5.74) is 3.30. The summed E-state index contributed by atoms with van der Waals surface area (Å²) in [5, 5.41) is 6.46. The lowest BCUT2D eigenvalue weighted by Crippen LogP contribution is -2.33. The second-order valence-corrected chi connectivity index (χ2v) is 8.01. The number of nitrogens with zero attached hydrogens (tertiary/aromatic N) is 2. The zero-order valence-corrected chi connectivity index (χ0v) is 15.5. The smallest absolute Gasteiger partial charge is 0.273 e. The number of thiazole rings is 1. The monoisotopic (exact) mass is 355 g/mol. The van der Waals surface area contributed by atoms with Gasteiger partial charge in [0, 0.05) is 18.3 Å². The van der Waals surface area contributed by atoms with E-state index in [0.717, 1.165) is 50.2 Å². The minimum atomic E-state index is 0.0538. The van der Waals surface area contributed by atoms with Crippen LogP contribution in [0.1, 0.15) is 64.3 Å². The molecule has 25 heavy (non-hydrogen) atoms. The number of hydrogen-bond donors (Lipinski definition) is 1. The van der Waals surface area contributed by atoms with E-state index in [1.54, 1.807) is 11.3 Å². The maximum Gasteiger partial charge on any atom is 0.273 e. The van der Waals surface area contributed by atoms with Gasteiger partial charge in [0.05, 0.1) is 11.0 Å². The number of rotatable bonds is 3. The van der Waals surface area contributed by atoms with Gasteiger partial charge in [0.25, 0.3) is 5.91 Å². The molecule has 1 fully saturated rings. The average Bonchev–Trinajstić information content (AvgIpc) is 3.17. The molecule has 0 radical (unpaired) electrons. The average molecular weight is 356 g/mol. The molecule has 1 N–H and O–H groups in total. The molecule has 2 aromatic rings. The molecule has 1 aromatic carbocycles. The molecule has 1 aromatic heterocycles. The molecule has 0 bridgehead atoms. The van der Waals surface area contributed by atoms with E-state index in [1.807, 2.05) is 17.3 Å². The van der Waals surface area contributed by atoms with Crippen molar-refractivity contribution in [3.05, 3.63) is 51.5 Å². The SMILES string of the molecule is CN(C(=O)c1csc(C2CCNCC2)n1)[C@@H]1CCCc2ccccc21. The van der Waals surface area contributed by atoms with E-state index in [0.29, 0.717) is 11.6 Å². The molecule has 1 saturated heterocycles. The van der Waals surface area contributed by atoms with Crippen molar-refractivity contribution in [1.29, 1.82) is 0 Å². The summed E-state index contributed by atoms with van der Waals surface area (Å²) in [7, 11) is 1.93. The Morgan fingerprint density at radius 2 is 2.04 bits per heavy atom. The summed E-state index contributed by atoms with van der Waals surface area (Å²) in [4.78, 5) is 19.6. The first-order valence-corrected chi connectivity index (χ1v) is 10.1. The first-order chi connectivity index (χ1) is 12.2. The van der Waals surface area contributed by atoms with Crippen molar-refractivity contribution in [2.45, 2.75) is 44.1 Å². The fourth-order valence-corrected chi connectivity index (χ4v) is 5.06. The maximum absolute atomic E-state index is 13.0. The van der Waals surface area contributed by atoms with Gasteiger partial charge >= 0.3 is 0 Å². The number of hydrogen-bond acceptors (Lipinski definition) is 4. The lowest BCUT2D eigenvalue weighted by molar-refractivity contribution is 0.0709. The molecule has 1 amide bonds. The van der Waals surface area contributed by atoms with Crippen LogP contribution < -0.4 is 5.32 Å². The van der Waals surface area contributed by atoms with Crippen LogP contribution in [0, 0.1) is 0 Å². The zero-order valence-electron chi connectivity index (χ0n) is 14.7. The summed E-state index contributed by atoms with van der Waals surface area (Å²) >= 11 is 1.65. The molecule has 4 nitrogen and oxygen atoms in total. The summed E-state index contributed by atoms with van der Waals surface area (Å²) in [5.74, 6) is 0.562. The summed E-state index contributed by atoms with van der Waals surface area (Å²) < 4.78 is 0. The fourth-order valence-electron chi connectivity index (χ4n) is 4.10. The summed E-state index contributed by atoms with van der Waals surface area (Å²) in [6.45, 7) is 2.10. The Bertz CT molecular complexity index is 751. The van der Waals surface area contributed by atoms with Crippen LogP contribution >= 0.6 is 11.3 Å². The van der Waals surface area contributed by atoms with E-state index in [9.17, 15) is 4.79 Å². The van der Waals surface area contributed by atoms with Crippen molar-refractivity contribution < 1.29 is 4.79 Å². The largest absolute Gasteiger partial charge is 0.333 e. The van der Waals surface area contributed by atoms with E-state index in [2.05, 4.69) is 29.6 Å². The Morgan fingerprint density at radius 3 is 2.88 bits per heavy atom. The van der Waals surface area contributed by atoms with Gasteiger partial charge in [-0.1, -0.05) is 24.3 Å². The maximum atomic E-state index is 13.0. The second kappa shape index (κ2) is 7.26. The third kappa shape index (κ3) is 3.35. The number of aromatic nitrogens is 1. The predicted octanol–water partition coefficient (Wildman–Crippen LogP) is 3.76. The van der Waals surface area contributed by atoms with Crippen LogP contribution in [0.2, 0.25) is 0 Å². The van der Waals surface area contributed by atoms with Gasteiger partial charge < -0.3 is 10.2 Å². The lowest BCUT2D eigenvalue weighted by atomic mass is 9.87. The zero-order chi connectivity index (χ0) is 17.2. The minimum absolute atomic E-state index is 0.0538. The second-order valence-electron chi connectivity index (χ2n) is 7.12. The molecule has 0 saturated carbocycles. The van der Waals surface area contributed by atoms with Crippen molar-refractivity contribution in [1.82, 2.24) is 15.2 Å². The molecule has 4 rings (SSSR count). The topological polar surface area (TPSA) is 45.2 Å². The van der Waals surface area contributed by atoms with Crippen molar-refractivity contribution >= 4 is 17.2 Å². The van der Waals surface area contributed by atoms with Crippen LogP contribution in [0.25, 0.3) is 0 Å². The van der Waals surface area contributed by atoms with E-state index < -0.39 is 0 Å². The predicted molar refractivity (Wildman–Crippen MR) is 101 cm³/mol. The van der Waals surface area contributed by atoms with E-state index in [-0.39, 0.29) is 11.9 Å². The highest BCUT2D eigenvalue weighted by Gasteiger charge is 2.29. The summed E-state index contributed by atoms with van der Waals surface area (Å²) in [6, 6.07) is 8.70. The molecule has 1 atom stereocenters. The number of fused-ring (bicyclic) bond motifs is 1. The lowest BCUT2D eigenvalue weighted by Gasteiger charge is -2.33. The van der Waals surface area contributed by atoms with Gasteiger partial charge in [0.2, 0.25) is 0 Å². The molecule has 2 heterocycles. The molecule has 5 heteroatoms. The minimum Gasteiger partial charge on any atom is -0.333 e. The number of amides is 1. The normalized spacial score (nSPS) is 20.9. The number of piperidine rings is 1. The third-order valence-electron chi connectivity index (χ3n) is 5.56. The molecule has 0 spiro atoms. The van der Waals surface area contributed by atoms with Gasteiger partial charge in [-0.25, -0.2) is 4.98 Å². The van der Waals surface area contributed by atoms with Crippen LogP contribution in [0.3, 0.4) is 0 Å². The van der Waals surface area contributed by atoms with Gasteiger partial charge in [-0.2, -0.15) is 0 Å². The third-order valence-corrected chi connectivity index (χ3v) is 6.56. The number of carbonyl (C=O) groups excluding carboxylic acids is 1. The standard InChI is InChI=1S/C20H25N3OS/c1-23(18-8-4-6-14-5-2-3-7-16(14)18)20(24)17-13-25-19(22-17)15-9-11-21-12-10-15/h2-3,5,7,13,15,18,21H,4,6,8-12H2,1H3/t18-/m1/s1. The quantitative estimate of drug-likeness (QED) is 0.912. The van der Waals surface area contributed by atoms with E-state index >= 15 is 0 Å². The number of benzene rings is 1. The molecular formula is C20H25N3OS. The van der Waals surface area contributed by atoms with Crippen molar-refractivity contribution in [3.8, 4) is 0 Å². The number of aryl methyl sites for hydroxylation is 1. The highest BCUT2D eigenvalue weighted by Crippen LogP contribution is 2.35.